The molecule has 4 rings (SSSR count). The fourth-order valence-electron chi connectivity index (χ4n) is 2.41. The fourth-order valence-corrected chi connectivity index (χ4v) is 2.41. The summed E-state index contributed by atoms with van der Waals surface area (Å²) in [6.45, 7) is 0.379. The minimum absolute atomic E-state index is 0.130. The number of pyridine rings is 1. The van der Waals surface area contributed by atoms with Crippen LogP contribution >= 0.6 is 0 Å². The summed E-state index contributed by atoms with van der Waals surface area (Å²) in [5, 5.41) is 14.1. The second-order valence-corrected chi connectivity index (χ2v) is 5.28. The number of hydrazine groups is 2. The normalized spacial score (nSPS) is 17.9. The molecule has 0 bridgehead atoms. The number of carboxylic acids is 1. The Kier molecular flexibility index (Phi) is 2.58. The van der Waals surface area contributed by atoms with Crippen molar-refractivity contribution in [1.29, 1.82) is 0 Å². The van der Waals surface area contributed by atoms with Gasteiger partial charge in [-0.05, 0) is 30.4 Å². The molecule has 8 heteroatoms. The SMILES string of the molecule is O=C(O)C1=NN(Cc2cn3cc(C4CC4)ccc3n2)NN1. The van der Waals surface area contributed by atoms with Crippen molar-refractivity contribution in [3.8, 4) is 0 Å². The van der Waals surface area contributed by atoms with E-state index in [1.54, 1.807) is 0 Å². The van der Waals surface area contributed by atoms with Crippen molar-refractivity contribution in [3.05, 3.63) is 35.8 Å². The lowest BCUT2D eigenvalue weighted by Gasteiger charge is -2.09. The van der Waals surface area contributed by atoms with E-state index < -0.39 is 5.97 Å². The number of hydrogen-bond donors (Lipinski definition) is 3. The monoisotopic (exact) mass is 286 g/mol. The smallest absolute Gasteiger partial charge is 0.374 e. The van der Waals surface area contributed by atoms with Crippen LogP contribution in [-0.4, -0.2) is 31.4 Å². The van der Waals surface area contributed by atoms with E-state index in [0.29, 0.717) is 12.5 Å². The van der Waals surface area contributed by atoms with Crippen molar-refractivity contribution in [2.75, 3.05) is 0 Å². The second-order valence-electron chi connectivity index (χ2n) is 5.28. The lowest BCUT2D eigenvalue weighted by Crippen LogP contribution is -2.40. The van der Waals surface area contributed by atoms with Gasteiger partial charge in [-0.2, -0.15) is 0 Å². The van der Waals surface area contributed by atoms with Gasteiger partial charge in [-0.15, -0.1) is 10.6 Å². The summed E-state index contributed by atoms with van der Waals surface area (Å²) in [6, 6.07) is 4.14. The number of aliphatic carboxylic acids is 1. The van der Waals surface area contributed by atoms with Gasteiger partial charge in [0.2, 0.25) is 5.84 Å². The number of carboxylic acid groups (broad SMARTS) is 1. The number of aromatic nitrogens is 2. The molecule has 1 aliphatic heterocycles. The predicted octanol–water partition coefficient (Wildman–Crippen LogP) is 0.435. The van der Waals surface area contributed by atoms with Gasteiger partial charge in [0.05, 0.1) is 12.2 Å². The molecule has 1 saturated carbocycles. The summed E-state index contributed by atoms with van der Waals surface area (Å²) in [5.74, 6) is -0.531. The van der Waals surface area contributed by atoms with Gasteiger partial charge in [-0.25, -0.2) is 14.9 Å². The molecular formula is C13H14N6O2. The van der Waals surface area contributed by atoms with Gasteiger partial charge in [-0.3, -0.25) is 5.43 Å². The zero-order valence-corrected chi connectivity index (χ0v) is 11.2. The van der Waals surface area contributed by atoms with E-state index in [9.17, 15) is 4.79 Å². The van der Waals surface area contributed by atoms with Crippen LogP contribution in [0.2, 0.25) is 0 Å². The maximum absolute atomic E-state index is 10.8. The van der Waals surface area contributed by atoms with E-state index in [-0.39, 0.29) is 5.84 Å². The molecule has 0 spiro atoms. The molecule has 108 valence electrons. The van der Waals surface area contributed by atoms with Gasteiger partial charge < -0.3 is 9.51 Å². The van der Waals surface area contributed by atoms with Crippen LogP contribution in [0.4, 0.5) is 0 Å². The number of nitrogens with one attached hydrogen (secondary N) is 2. The van der Waals surface area contributed by atoms with Crippen molar-refractivity contribution >= 4 is 17.5 Å². The zero-order chi connectivity index (χ0) is 14.4. The maximum atomic E-state index is 10.8. The van der Waals surface area contributed by atoms with Crippen molar-refractivity contribution in [3.63, 3.8) is 0 Å². The minimum Gasteiger partial charge on any atom is -0.475 e. The molecule has 8 nitrogen and oxygen atoms in total. The van der Waals surface area contributed by atoms with Crippen LogP contribution in [0.3, 0.4) is 0 Å². The Morgan fingerprint density at radius 1 is 1.38 bits per heavy atom. The molecule has 0 amide bonds. The van der Waals surface area contributed by atoms with E-state index in [0.717, 1.165) is 11.3 Å². The molecule has 1 aliphatic carbocycles. The van der Waals surface area contributed by atoms with Crippen LogP contribution in [0.25, 0.3) is 5.65 Å². The molecule has 21 heavy (non-hydrogen) atoms. The number of rotatable bonds is 4. The Bertz CT molecular complexity index is 748. The van der Waals surface area contributed by atoms with Crippen molar-refractivity contribution in [2.45, 2.75) is 25.3 Å². The molecule has 0 radical (unpaired) electrons. The van der Waals surface area contributed by atoms with E-state index >= 15 is 0 Å². The van der Waals surface area contributed by atoms with E-state index in [2.05, 4.69) is 33.3 Å². The summed E-state index contributed by atoms with van der Waals surface area (Å²) >= 11 is 0. The van der Waals surface area contributed by atoms with Crippen LogP contribution in [0, 0.1) is 0 Å². The third-order valence-corrected chi connectivity index (χ3v) is 3.61. The first kappa shape index (κ1) is 12.2. The lowest BCUT2D eigenvalue weighted by molar-refractivity contribution is -0.129. The summed E-state index contributed by atoms with van der Waals surface area (Å²) in [7, 11) is 0. The number of hydrazone groups is 1. The largest absolute Gasteiger partial charge is 0.475 e. The third kappa shape index (κ3) is 2.29. The molecule has 2 aromatic rings. The summed E-state index contributed by atoms with van der Waals surface area (Å²) in [4.78, 5) is 15.3. The Morgan fingerprint density at radius 3 is 2.95 bits per heavy atom. The first-order valence-corrected chi connectivity index (χ1v) is 6.78. The molecule has 1 fully saturated rings. The summed E-state index contributed by atoms with van der Waals surface area (Å²) in [5.41, 5.74) is 8.19. The van der Waals surface area contributed by atoms with Crippen LogP contribution in [0.5, 0.6) is 0 Å². The van der Waals surface area contributed by atoms with Crippen molar-refractivity contribution in [2.24, 2.45) is 5.10 Å². The van der Waals surface area contributed by atoms with Crippen molar-refractivity contribution in [1.82, 2.24) is 25.5 Å². The highest BCUT2D eigenvalue weighted by atomic mass is 16.4. The topological polar surface area (TPSA) is 94.3 Å². The van der Waals surface area contributed by atoms with Gasteiger partial charge in [0.1, 0.15) is 5.65 Å². The Hall–Kier alpha value is -2.61. The van der Waals surface area contributed by atoms with E-state index in [1.165, 1.54) is 23.5 Å². The molecule has 2 aliphatic rings. The van der Waals surface area contributed by atoms with Gasteiger partial charge in [-0.1, -0.05) is 6.07 Å². The van der Waals surface area contributed by atoms with Crippen LogP contribution in [-0.2, 0) is 11.3 Å². The number of carbonyl (C=O) groups is 1. The average Bonchev–Trinajstić information content (AvgIpc) is 3.07. The zero-order valence-electron chi connectivity index (χ0n) is 11.2. The Balaban J connectivity index is 1.55. The molecular weight excluding hydrogens is 272 g/mol. The molecule has 0 saturated heterocycles. The van der Waals surface area contributed by atoms with E-state index in [1.807, 2.05) is 16.7 Å². The average molecular weight is 286 g/mol. The van der Waals surface area contributed by atoms with E-state index in [4.69, 9.17) is 5.11 Å². The molecule has 3 heterocycles. The highest BCUT2D eigenvalue weighted by Crippen LogP contribution is 2.39. The minimum atomic E-state index is -1.10. The summed E-state index contributed by atoms with van der Waals surface area (Å²) < 4.78 is 2.01. The van der Waals surface area contributed by atoms with Crippen LogP contribution in [0.15, 0.2) is 29.6 Å². The first-order valence-electron chi connectivity index (χ1n) is 6.78. The number of amidine groups is 1. The first-order chi connectivity index (χ1) is 10.2. The Labute approximate surface area is 120 Å². The third-order valence-electron chi connectivity index (χ3n) is 3.61. The van der Waals surface area contributed by atoms with Gasteiger partial charge in [0.15, 0.2) is 0 Å². The second kappa shape index (κ2) is 4.45. The van der Waals surface area contributed by atoms with Gasteiger partial charge in [0.25, 0.3) is 0 Å². The Morgan fingerprint density at radius 2 is 2.24 bits per heavy atom. The predicted molar refractivity (Wildman–Crippen MR) is 74.1 cm³/mol. The highest BCUT2D eigenvalue weighted by Gasteiger charge is 2.24. The molecule has 0 unspecified atom stereocenters. The van der Waals surface area contributed by atoms with Crippen LogP contribution < -0.4 is 11.0 Å². The highest BCUT2D eigenvalue weighted by molar-refractivity contribution is 6.34. The lowest BCUT2D eigenvalue weighted by atomic mass is 10.2. The number of hydrogen-bond acceptors (Lipinski definition) is 6. The molecule has 0 atom stereocenters. The van der Waals surface area contributed by atoms with Crippen LogP contribution in [0.1, 0.15) is 30.0 Å². The number of fused-ring (bicyclic) bond motifs is 1. The summed E-state index contributed by atoms with van der Waals surface area (Å²) in [6.07, 6.45) is 6.59. The standard InChI is InChI=1S/C13H14N6O2/c20-13(21)12-15-17-19(16-12)7-10-6-18-5-9(8-1-2-8)3-4-11(18)14-10/h3-6,8,17H,1-2,7H2,(H,15,16)(H,20,21). The maximum Gasteiger partial charge on any atom is 0.374 e. The molecule has 2 aromatic heterocycles. The van der Waals surface area contributed by atoms with Crippen molar-refractivity contribution < 1.29 is 9.90 Å². The fraction of sp³-hybridized carbons (Fsp3) is 0.308. The van der Waals surface area contributed by atoms with Gasteiger partial charge in [0, 0.05) is 12.4 Å². The number of nitrogens with zero attached hydrogens (tertiary/aromatic N) is 4. The molecule has 3 N–H and O–H groups in total. The quantitative estimate of drug-likeness (QED) is 0.755. The number of imidazole rings is 1. The van der Waals surface area contributed by atoms with Gasteiger partial charge >= 0.3 is 5.97 Å². The molecule has 0 aromatic carbocycles.